The molecule has 0 radical (unpaired) electrons. The summed E-state index contributed by atoms with van der Waals surface area (Å²) >= 11 is 0. The predicted octanol–water partition coefficient (Wildman–Crippen LogP) is 0.864. The Morgan fingerprint density at radius 3 is 2.53 bits per heavy atom. The Morgan fingerprint density at radius 2 is 1.88 bits per heavy atom. The summed E-state index contributed by atoms with van der Waals surface area (Å²) in [7, 11) is 0. The van der Waals surface area contributed by atoms with Crippen LogP contribution < -0.4 is 16.4 Å². The van der Waals surface area contributed by atoms with Crippen molar-refractivity contribution in [3.8, 4) is 0 Å². The minimum absolute atomic E-state index is 0.352. The molecule has 0 bridgehead atoms. The standard InChI is InChI=1S/C12H19N5/c13-9-3-5-17(6-4-9)10-7-15-12(14)16-11(10)8-1-2-8/h7-9H,1-6,13H2,(H2,14,15,16). The molecule has 1 aliphatic carbocycles. The van der Waals surface area contributed by atoms with Crippen molar-refractivity contribution in [3.05, 3.63) is 11.9 Å². The molecule has 0 aromatic carbocycles. The first-order chi connectivity index (χ1) is 8.24. The SMILES string of the molecule is Nc1ncc(N2CCC(N)CC2)c(C2CC2)n1. The maximum Gasteiger partial charge on any atom is 0.220 e. The van der Waals surface area contributed by atoms with Crippen molar-refractivity contribution >= 4 is 11.6 Å². The molecular weight excluding hydrogens is 214 g/mol. The van der Waals surface area contributed by atoms with E-state index < -0.39 is 0 Å². The Hall–Kier alpha value is -1.36. The molecule has 2 aliphatic rings. The second-order valence-electron chi connectivity index (χ2n) is 5.10. The zero-order chi connectivity index (χ0) is 11.8. The van der Waals surface area contributed by atoms with Gasteiger partial charge in [0.15, 0.2) is 0 Å². The lowest BCUT2D eigenvalue weighted by Gasteiger charge is -2.32. The quantitative estimate of drug-likeness (QED) is 0.792. The van der Waals surface area contributed by atoms with E-state index in [-0.39, 0.29) is 0 Å². The number of rotatable bonds is 2. The molecule has 0 spiro atoms. The van der Waals surface area contributed by atoms with Crippen LogP contribution in [0.25, 0.3) is 0 Å². The van der Waals surface area contributed by atoms with Gasteiger partial charge in [-0.05, 0) is 25.7 Å². The first-order valence-electron chi connectivity index (χ1n) is 6.37. The molecule has 5 heteroatoms. The van der Waals surface area contributed by atoms with Crippen molar-refractivity contribution in [3.63, 3.8) is 0 Å². The van der Waals surface area contributed by atoms with Crippen LogP contribution in [0.4, 0.5) is 11.6 Å². The summed E-state index contributed by atoms with van der Waals surface area (Å²) in [6.45, 7) is 2.02. The van der Waals surface area contributed by atoms with E-state index in [1.807, 2.05) is 6.20 Å². The van der Waals surface area contributed by atoms with Crippen molar-refractivity contribution in [1.82, 2.24) is 9.97 Å². The summed E-state index contributed by atoms with van der Waals surface area (Å²) in [5, 5.41) is 0. The van der Waals surface area contributed by atoms with Gasteiger partial charge >= 0.3 is 0 Å². The lowest BCUT2D eigenvalue weighted by atomic mass is 10.0. The van der Waals surface area contributed by atoms with Gasteiger partial charge in [-0.3, -0.25) is 0 Å². The van der Waals surface area contributed by atoms with Gasteiger partial charge in [0, 0.05) is 25.0 Å². The van der Waals surface area contributed by atoms with Gasteiger partial charge in [0.25, 0.3) is 0 Å². The normalized spacial score (nSPS) is 21.8. The number of piperidine rings is 1. The summed E-state index contributed by atoms with van der Waals surface area (Å²) in [4.78, 5) is 10.9. The van der Waals surface area contributed by atoms with Crippen molar-refractivity contribution in [2.75, 3.05) is 23.7 Å². The second kappa shape index (κ2) is 4.14. The number of hydrogen-bond acceptors (Lipinski definition) is 5. The zero-order valence-corrected chi connectivity index (χ0v) is 9.97. The van der Waals surface area contributed by atoms with E-state index in [2.05, 4.69) is 14.9 Å². The maximum atomic E-state index is 5.93. The molecule has 0 atom stereocenters. The third-order valence-corrected chi connectivity index (χ3v) is 3.66. The van der Waals surface area contributed by atoms with Crippen LogP contribution >= 0.6 is 0 Å². The van der Waals surface area contributed by atoms with Crippen LogP contribution in [0.5, 0.6) is 0 Å². The van der Waals surface area contributed by atoms with Gasteiger partial charge in [-0.25, -0.2) is 9.97 Å². The highest BCUT2D eigenvalue weighted by atomic mass is 15.2. The van der Waals surface area contributed by atoms with Crippen molar-refractivity contribution < 1.29 is 0 Å². The molecule has 17 heavy (non-hydrogen) atoms. The lowest BCUT2D eigenvalue weighted by molar-refractivity contribution is 0.499. The molecule has 4 N–H and O–H groups in total. The summed E-state index contributed by atoms with van der Waals surface area (Å²) in [6, 6.07) is 0.352. The van der Waals surface area contributed by atoms with Gasteiger partial charge in [-0.2, -0.15) is 0 Å². The zero-order valence-electron chi connectivity index (χ0n) is 9.97. The molecule has 0 unspecified atom stereocenters. The fraction of sp³-hybridized carbons (Fsp3) is 0.667. The molecule has 1 aliphatic heterocycles. The average Bonchev–Trinajstić information content (AvgIpc) is 3.14. The molecule has 0 amide bonds. The van der Waals surface area contributed by atoms with Crippen LogP contribution in [-0.4, -0.2) is 29.1 Å². The van der Waals surface area contributed by atoms with Gasteiger partial charge < -0.3 is 16.4 Å². The monoisotopic (exact) mass is 233 g/mol. The van der Waals surface area contributed by atoms with Crippen molar-refractivity contribution in [2.45, 2.75) is 37.6 Å². The fourth-order valence-corrected chi connectivity index (χ4v) is 2.44. The Balaban J connectivity index is 1.86. The molecule has 1 saturated heterocycles. The van der Waals surface area contributed by atoms with E-state index in [0.29, 0.717) is 17.9 Å². The van der Waals surface area contributed by atoms with E-state index in [0.717, 1.165) is 31.6 Å². The Bertz CT molecular complexity index is 407. The number of aromatic nitrogens is 2. The minimum Gasteiger partial charge on any atom is -0.369 e. The summed E-state index contributed by atoms with van der Waals surface area (Å²) in [6.07, 6.45) is 6.45. The van der Waals surface area contributed by atoms with E-state index in [4.69, 9.17) is 11.5 Å². The topological polar surface area (TPSA) is 81.1 Å². The minimum atomic E-state index is 0.352. The average molecular weight is 233 g/mol. The number of nitrogens with two attached hydrogens (primary N) is 2. The van der Waals surface area contributed by atoms with Crippen LogP contribution in [0.2, 0.25) is 0 Å². The van der Waals surface area contributed by atoms with Gasteiger partial charge in [0.1, 0.15) is 0 Å². The van der Waals surface area contributed by atoms with Crippen LogP contribution in [0, 0.1) is 0 Å². The van der Waals surface area contributed by atoms with Crippen LogP contribution in [0.3, 0.4) is 0 Å². The Labute approximate surface area is 101 Å². The van der Waals surface area contributed by atoms with E-state index in [1.54, 1.807) is 0 Å². The molecule has 5 nitrogen and oxygen atoms in total. The molecule has 2 fully saturated rings. The number of nitrogens with zero attached hydrogens (tertiary/aromatic N) is 3. The third kappa shape index (κ3) is 2.20. The Morgan fingerprint density at radius 1 is 1.18 bits per heavy atom. The van der Waals surface area contributed by atoms with Gasteiger partial charge in [0.2, 0.25) is 5.95 Å². The third-order valence-electron chi connectivity index (χ3n) is 3.66. The number of nitrogen functional groups attached to an aromatic ring is 1. The smallest absolute Gasteiger partial charge is 0.220 e. The molecule has 92 valence electrons. The van der Waals surface area contributed by atoms with Gasteiger partial charge in [0.05, 0.1) is 17.6 Å². The highest BCUT2D eigenvalue weighted by Crippen LogP contribution is 2.43. The van der Waals surface area contributed by atoms with E-state index in [1.165, 1.54) is 18.5 Å². The van der Waals surface area contributed by atoms with Crippen molar-refractivity contribution in [2.24, 2.45) is 5.73 Å². The molecule has 2 heterocycles. The predicted molar refractivity (Wildman–Crippen MR) is 67.8 cm³/mol. The first kappa shape index (κ1) is 10.8. The van der Waals surface area contributed by atoms with Crippen LogP contribution in [0.15, 0.2) is 6.20 Å². The van der Waals surface area contributed by atoms with Crippen LogP contribution in [0.1, 0.15) is 37.3 Å². The van der Waals surface area contributed by atoms with Gasteiger partial charge in [-0.15, -0.1) is 0 Å². The molecule has 1 aromatic heterocycles. The summed E-state index contributed by atoms with van der Waals surface area (Å²) in [5.41, 5.74) is 13.9. The maximum absolute atomic E-state index is 5.93. The summed E-state index contributed by atoms with van der Waals surface area (Å²) < 4.78 is 0. The Kier molecular flexibility index (Phi) is 2.63. The highest BCUT2D eigenvalue weighted by Gasteiger charge is 2.30. The molecule has 1 aromatic rings. The number of anilines is 2. The van der Waals surface area contributed by atoms with Gasteiger partial charge in [-0.1, -0.05) is 0 Å². The molecule has 3 rings (SSSR count). The fourth-order valence-electron chi connectivity index (χ4n) is 2.44. The highest BCUT2D eigenvalue weighted by molar-refractivity contribution is 5.53. The van der Waals surface area contributed by atoms with E-state index >= 15 is 0 Å². The first-order valence-corrected chi connectivity index (χ1v) is 6.37. The number of hydrogen-bond donors (Lipinski definition) is 2. The van der Waals surface area contributed by atoms with Crippen molar-refractivity contribution in [1.29, 1.82) is 0 Å². The molecular formula is C12H19N5. The summed E-state index contributed by atoms with van der Waals surface area (Å²) in [5.74, 6) is 0.996. The second-order valence-corrected chi connectivity index (χ2v) is 5.10. The molecule has 1 saturated carbocycles. The lowest BCUT2D eigenvalue weighted by Crippen LogP contribution is -2.40. The largest absolute Gasteiger partial charge is 0.369 e. The van der Waals surface area contributed by atoms with E-state index in [9.17, 15) is 0 Å². The van der Waals surface area contributed by atoms with Crippen LogP contribution in [-0.2, 0) is 0 Å².